The van der Waals surface area contributed by atoms with Gasteiger partial charge in [0, 0.05) is 16.2 Å². The van der Waals surface area contributed by atoms with Crippen molar-refractivity contribution in [1.29, 1.82) is 0 Å². The summed E-state index contributed by atoms with van der Waals surface area (Å²) < 4.78 is 31.0. The molecule has 8 nitrogen and oxygen atoms in total. The van der Waals surface area contributed by atoms with Crippen molar-refractivity contribution >= 4 is 54.7 Å². The van der Waals surface area contributed by atoms with E-state index in [1.165, 1.54) is 30.3 Å². The Hall–Kier alpha value is -2.69. The molecule has 0 radical (unpaired) electrons. The third kappa shape index (κ3) is 4.08. The lowest BCUT2D eigenvalue weighted by molar-refractivity contribution is -0.384. The fourth-order valence-electron chi connectivity index (χ4n) is 2.24. The first-order chi connectivity index (χ1) is 13.2. The van der Waals surface area contributed by atoms with Crippen LogP contribution in [0, 0.1) is 10.1 Å². The summed E-state index contributed by atoms with van der Waals surface area (Å²) >= 11 is 8.94. The van der Waals surface area contributed by atoms with E-state index in [2.05, 4.69) is 21.2 Å². The Morgan fingerprint density at radius 2 is 1.79 bits per heavy atom. The lowest BCUT2D eigenvalue weighted by atomic mass is 10.2. The Morgan fingerprint density at radius 1 is 1.11 bits per heavy atom. The average Bonchev–Trinajstić information content (AvgIpc) is 3.14. The first-order valence-corrected chi connectivity index (χ1v) is 10.2. The van der Waals surface area contributed by atoms with E-state index in [1.54, 1.807) is 12.1 Å². The van der Waals surface area contributed by atoms with Crippen molar-refractivity contribution in [3.8, 4) is 0 Å². The predicted octanol–water partition coefficient (Wildman–Crippen LogP) is 4.69. The minimum absolute atomic E-state index is 0.00494. The molecule has 0 aliphatic rings. The first kappa shape index (κ1) is 20.1. The van der Waals surface area contributed by atoms with Crippen LogP contribution in [0.15, 0.2) is 73.5 Å². The van der Waals surface area contributed by atoms with Gasteiger partial charge in [-0.2, -0.15) is 0 Å². The minimum atomic E-state index is -3.94. The third-order valence-electron chi connectivity index (χ3n) is 3.59. The second-order valence-electron chi connectivity index (χ2n) is 5.45. The van der Waals surface area contributed by atoms with Crippen LogP contribution >= 0.6 is 27.5 Å². The molecule has 3 rings (SSSR count). The van der Waals surface area contributed by atoms with Gasteiger partial charge in [-0.25, -0.2) is 8.42 Å². The van der Waals surface area contributed by atoms with Crippen LogP contribution in [0.2, 0.25) is 5.02 Å². The van der Waals surface area contributed by atoms with Crippen molar-refractivity contribution in [2.45, 2.75) is 9.99 Å². The van der Waals surface area contributed by atoms with Crippen LogP contribution in [0.3, 0.4) is 0 Å². The largest absolute Gasteiger partial charge is 0.439 e. The van der Waals surface area contributed by atoms with Gasteiger partial charge in [0.2, 0.25) is 14.9 Å². The molecule has 0 aliphatic carbocycles. The number of anilines is 1. The van der Waals surface area contributed by atoms with E-state index in [0.29, 0.717) is 4.47 Å². The molecule has 3 aromatic rings. The lowest BCUT2D eigenvalue weighted by Gasteiger charge is -2.04. The van der Waals surface area contributed by atoms with Gasteiger partial charge in [-0.15, -0.1) is 0 Å². The number of carbonyl (C=O) groups is 1. The maximum atomic E-state index is 12.6. The number of hydrogen-bond donors (Lipinski definition) is 1. The number of sulfone groups is 1. The molecule has 1 aromatic heterocycles. The Morgan fingerprint density at radius 3 is 2.43 bits per heavy atom. The fraction of sp³-hybridized carbons (Fsp3) is 0. The zero-order chi connectivity index (χ0) is 20.5. The summed E-state index contributed by atoms with van der Waals surface area (Å²) in [5.74, 6) is -1.04. The summed E-state index contributed by atoms with van der Waals surface area (Å²) in [6.07, 6.45) is 0. The molecule has 1 N–H and O–H groups in total. The zero-order valence-corrected chi connectivity index (χ0v) is 16.9. The molecule has 0 aliphatic heterocycles. The summed E-state index contributed by atoms with van der Waals surface area (Å²) in [4.78, 5) is 22.5. The number of nitrogens with zero attached hydrogens (tertiary/aromatic N) is 1. The number of furan rings is 1. The summed E-state index contributed by atoms with van der Waals surface area (Å²) in [6.45, 7) is 0. The van der Waals surface area contributed by atoms with E-state index in [-0.39, 0.29) is 27.1 Å². The van der Waals surface area contributed by atoms with Crippen molar-refractivity contribution in [3.05, 3.63) is 80.0 Å². The van der Waals surface area contributed by atoms with Crippen LogP contribution in [-0.4, -0.2) is 19.2 Å². The number of carbonyl (C=O) groups excluding carboxylic acids is 1. The third-order valence-corrected chi connectivity index (χ3v) is 6.08. The molecule has 0 unspecified atom stereocenters. The fourth-order valence-corrected chi connectivity index (χ4v) is 3.86. The maximum Gasteiger partial charge on any atom is 0.291 e. The van der Waals surface area contributed by atoms with E-state index in [9.17, 15) is 23.3 Å². The molecule has 1 amide bonds. The number of hydrogen-bond acceptors (Lipinski definition) is 6. The second kappa shape index (κ2) is 7.74. The molecule has 1 heterocycles. The first-order valence-electron chi connectivity index (χ1n) is 7.54. The predicted molar refractivity (Wildman–Crippen MR) is 104 cm³/mol. The van der Waals surface area contributed by atoms with Crippen molar-refractivity contribution < 1.29 is 22.6 Å². The number of nitro groups is 1. The summed E-state index contributed by atoms with van der Waals surface area (Å²) in [5.41, 5.74) is -0.271. The average molecular weight is 486 g/mol. The normalized spacial score (nSPS) is 11.2. The highest BCUT2D eigenvalue weighted by atomic mass is 79.9. The van der Waals surface area contributed by atoms with Crippen molar-refractivity contribution in [2.24, 2.45) is 0 Å². The molecule has 11 heteroatoms. The highest BCUT2D eigenvalue weighted by molar-refractivity contribution is 9.10. The quantitative estimate of drug-likeness (QED) is 0.413. The monoisotopic (exact) mass is 484 g/mol. The van der Waals surface area contributed by atoms with Crippen LogP contribution < -0.4 is 5.32 Å². The van der Waals surface area contributed by atoms with Gasteiger partial charge in [0.25, 0.3) is 11.6 Å². The van der Waals surface area contributed by atoms with Crippen LogP contribution in [0.4, 0.5) is 11.4 Å². The van der Waals surface area contributed by atoms with Crippen LogP contribution in [0.1, 0.15) is 10.6 Å². The maximum absolute atomic E-state index is 12.6. The zero-order valence-electron chi connectivity index (χ0n) is 13.8. The van der Waals surface area contributed by atoms with Gasteiger partial charge in [-0.05, 0) is 48.5 Å². The summed E-state index contributed by atoms with van der Waals surface area (Å²) in [6, 6.07) is 12.0. The standard InChI is InChI=1S/C17H10BrClN2O6S/c18-10-1-4-12(5-2-10)28(25,26)16-8-7-15(27-16)17(22)20-11-3-6-13(19)14(9-11)21(23)24/h1-9H,(H,20,22). The van der Waals surface area contributed by atoms with Gasteiger partial charge in [-0.3, -0.25) is 14.9 Å². The van der Waals surface area contributed by atoms with Gasteiger partial charge >= 0.3 is 0 Å². The van der Waals surface area contributed by atoms with Gasteiger partial charge in [0.15, 0.2) is 5.76 Å². The van der Waals surface area contributed by atoms with Crippen LogP contribution in [0.5, 0.6) is 0 Å². The SMILES string of the molecule is O=C(Nc1ccc(Cl)c([N+](=O)[O-])c1)c1ccc(S(=O)(=O)c2ccc(Br)cc2)o1. The topological polar surface area (TPSA) is 120 Å². The molecule has 0 bridgehead atoms. The van der Waals surface area contributed by atoms with E-state index in [4.69, 9.17) is 16.0 Å². The highest BCUT2D eigenvalue weighted by Crippen LogP contribution is 2.28. The van der Waals surface area contributed by atoms with Crippen molar-refractivity contribution in [2.75, 3.05) is 5.32 Å². The molecule has 0 fully saturated rings. The Bertz CT molecular complexity index is 1170. The molecule has 144 valence electrons. The van der Waals surface area contributed by atoms with Gasteiger partial charge in [-0.1, -0.05) is 27.5 Å². The number of amides is 1. The van der Waals surface area contributed by atoms with Gasteiger partial charge in [0.05, 0.1) is 9.82 Å². The van der Waals surface area contributed by atoms with Gasteiger partial charge < -0.3 is 9.73 Å². The lowest BCUT2D eigenvalue weighted by Crippen LogP contribution is -2.11. The summed E-state index contributed by atoms with van der Waals surface area (Å²) in [5, 5.41) is 12.8. The molecule has 0 atom stereocenters. The van der Waals surface area contributed by atoms with Crippen molar-refractivity contribution in [1.82, 2.24) is 0 Å². The second-order valence-corrected chi connectivity index (χ2v) is 8.66. The van der Waals surface area contributed by atoms with E-state index >= 15 is 0 Å². The molecule has 28 heavy (non-hydrogen) atoms. The smallest absolute Gasteiger partial charge is 0.291 e. The van der Waals surface area contributed by atoms with Crippen LogP contribution in [-0.2, 0) is 9.84 Å². The molecule has 0 saturated carbocycles. The molecular weight excluding hydrogens is 476 g/mol. The summed E-state index contributed by atoms with van der Waals surface area (Å²) in [7, 11) is -3.94. The van der Waals surface area contributed by atoms with Crippen molar-refractivity contribution in [3.63, 3.8) is 0 Å². The Kier molecular flexibility index (Phi) is 5.54. The number of rotatable bonds is 5. The minimum Gasteiger partial charge on any atom is -0.439 e. The number of nitrogens with one attached hydrogen (secondary N) is 1. The highest BCUT2D eigenvalue weighted by Gasteiger charge is 2.24. The van der Waals surface area contributed by atoms with E-state index in [0.717, 1.165) is 12.1 Å². The number of benzene rings is 2. The molecular formula is C17H10BrClN2O6S. The van der Waals surface area contributed by atoms with E-state index in [1.807, 2.05) is 0 Å². The Labute approximate surface area is 172 Å². The Balaban J connectivity index is 1.84. The molecule has 0 saturated heterocycles. The van der Waals surface area contributed by atoms with E-state index < -0.39 is 25.8 Å². The van der Waals surface area contributed by atoms with Gasteiger partial charge in [0.1, 0.15) is 5.02 Å². The number of nitro benzene ring substituents is 1. The van der Waals surface area contributed by atoms with Crippen LogP contribution in [0.25, 0.3) is 0 Å². The molecule has 2 aromatic carbocycles. The molecule has 0 spiro atoms. The number of halogens is 2.